The second kappa shape index (κ2) is 5.83. The Morgan fingerprint density at radius 2 is 1.95 bits per heavy atom. The summed E-state index contributed by atoms with van der Waals surface area (Å²) in [7, 11) is 0. The molecular formula is C14H13N3O3. The van der Waals surface area contributed by atoms with E-state index in [0.29, 0.717) is 17.8 Å². The summed E-state index contributed by atoms with van der Waals surface area (Å²) in [5, 5.41) is 13.7. The van der Waals surface area contributed by atoms with Crippen molar-refractivity contribution in [1.29, 1.82) is 0 Å². The van der Waals surface area contributed by atoms with Gasteiger partial charge in [-0.1, -0.05) is 18.2 Å². The second-order valence-electron chi connectivity index (χ2n) is 4.23. The van der Waals surface area contributed by atoms with E-state index in [1.54, 1.807) is 30.3 Å². The molecule has 20 heavy (non-hydrogen) atoms. The maximum Gasteiger partial charge on any atom is 0.271 e. The van der Waals surface area contributed by atoms with Crippen LogP contribution < -0.4 is 11.1 Å². The molecule has 0 unspecified atom stereocenters. The monoisotopic (exact) mass is 271 g/mol. The predicted molar refractivity (Wildman–Crippen MR) is 75.4 cm³/mol. The van der Waals surface area contributed by atoms with Gasteiger partial charge in [0.1, 0.15) is 0 Å². The van der Waals surface area contributed by atoms with Crippen molar-refractivity contribution in [3.63, 3.8) is 0 Å². The number of hydrogen-bond donors (Lipinski definition) is 2. The minimum absolute atomic E-state index is 0.0286. The van der Waals surface area contributed by atoms with Crippen LogP contribution in [-0.4, -0.2) is 10.8 Å². The summed E-state index contributed by atoms with van der Waals surface area (Å²) < 4.78 is 0. The Morgan fingerprint density at radius 3 is 2.65 bits per heavy atom. The molecule has 6 heteroatoms. The molecule has 0 fully saturated rings. The number of nitro groups is 1. The van der Waals surface area contributed by atoms with E-state index >= 15 is 0 Å². The molecule has 3 N–H and O–H groups in total. The Balaban J connectivity index is 2.08. The second-order valence-corrected chi connectivity index (χ2v) is 4.23. The van der Waals surface area contributed by atoms with Crippen LogP contribution >= 0.6 is 0 Å². The van der Waals surface area contributed by atoms with Gasteiger partial charge >= 0.3 is 0 Å². The fourth-order valence-electron chi connectivity index (χ4n) is 1.77. The number of rotatable bonds is 5. The van der Waals surface area contributed by atoms with Crippen LogP contribution in [0.3, 0.4) is 0 Å². The van der Waals surface area contributed by atoms with Crippen molar-refractivity contribution in [2.45, 2.75) is 6.54 Å². The molecule has 2 rings (SSSR count). The van der Waals surface area contributed by atoms with Crippen molar-refractivity contribution in [2.24, 2.45) is 5.73 Å². The van der Waals surface area contributed by atoms with Crippen molar-refractivity contribution in [3.8, 4) is 0 Å². The highest BCUT2D eigenvalue weighted by molar-refractivity contribution is 5.92. The maximum atomic E-state index is 11.1. The van der Waals surface area contributed by atoms with Crippen LogP contribution in [0.15, 0.2) is 48.5 Å². The van der Waals surface area contributed by atoms with E-state index in [-0.39, 0.29) is 5.69 Å². The van der Waals surface area contributed by atoms with Crippen LogP contribution in [0, 0.1) is 10.1 Å². The molecular weight excluding hydrogens is 258 g/mol. The van der Waals surface area contributed by atoms with Gasteiger partial charge in [0, 0.05) is 29.9 Å². The molecule has 1 amide bonds. The van der Waals surface area contributed by atoms with Gasteiger partial charge in [-0.25, -0.2) is 0 Å². The van der Waals surface area contributed by atoms with Crippen LogP contribution in [0.25, 0.3) is 0 Å². The number of amides is 1. The Morgan fingerprint density at radius 1 is 1.20 bits per heavy atom. The van der Waals surface area contributed by atoms with Gasteiger partial charge in [-0.2, -0.15) is 0 Å². The lowest BCUT2D eigenvalue weighted by atomic mass is 10.1. The van der Waals surface area contributed by atoms with Crippen LogP contribution in [0.2, 0.25) is 0 Å². The Hall–Kier alpha value is -2.89. The topological polar surface area (TPSA) is 98.3 Å². The highest BCUT2D eigenvalue weighted by Crippen LogP contribution is 2.18. The molecule has 0 saturated carbocycles. The maximum absolute atomic E-state index is 11.1. The third-order valence-corrected chi connectivity index (χ3v) is 2.77. The zero-order valence-corrected chi connectivity index (χ0v) is 10.6. The van der Waals surface area contributed by atoms with Gasteiger partial charge in [-0.15, -0.1) is 0 Å². The lowest BCUT2D eigenvalue weighted by Crippen LogP contribution is -2.11. The number of benzene rings is 2. The summed E-state index contributed by atoms with van der Waals surface area (Å²) in [6.07, 6.45) is 0. The van der Waals surface area contributed by atoms with Crippen LogP contribution in [0.1, 0.15) is 15.9 Å². The first-order valence-electron chi connectivity index (χ1n) is 5.93. The average molecular weight is 271 g/mol. The predicted octanol–water partition coefficient (Wildman–Crippen LogP) is 2.31. The summed E-state index contributed by atoms with van der Waals surface area (Å²) in [4.78, 5) is 21.3. The first kappa shape index (κ1) is 13.5. The van der Waals surface area contributed by atoms with Gasteiger partial charge in [0.25, 0.3) is 5.69 Å². The van der Waals surface area contributed by atoms with Gasteiger partial charge in [0.15, 0.2) is 0 Å². The number of carbonyl (C=O) groups excluding carboxylic acids is 1. The number of anilines is 1. The quantitative estimate of drug-likeness (QED) is 0.644. The van der Waals surface area contributed by atoms with Gasteiger partial charge in [0.05, 0.1) is 4.92 Å². The Bertz CT molecular complexity index is 598. The van der Waals surface area contributed by atoms with Crippen LogP contribution in [-0.2, 0) is 6.54 Å². The van der Waals surface area contributed by atoms with E-state index < -0.39 is 10.8 Å². The first-order valence-corrected chi connectivity index (χ1v) is 5.93. The van der Waals surface area contributed by atoms with Crippen LogP contribution in [0.4, 0.5) is 11.4 Å². The molecule has 0 aromatic heterocycles. The van der Waals surface area contributed by atoms with Crippen molar-refractivity contribution in [2.75, 3.05) is 5.32 Å². The fraction of sp³-hybridized carbons (Fsp3) is 0.0714. The number of non-ortho nitro benzene ring substituents is 1. The lowest BCUT2D eigenvalue weighted by Gasteiger charge is -2.07. The average Bonchev–Trinajstić information content (AvgIpc) is 2.45. The first-order chi connectivity index (χ1) is 9.56. The number of nitrogens with one attached hydrogen (secondary N) is 1. The van der Waals surface area contributed by atoms with Gasteiger partial charge in [-0.3, -0.25) is 14.9 Å². The van der Waals surface area contributed by atoms with E-state index in [2.05, 4.69) is 5.32 Å². The number of nitrogens with zero attached hydrogens (tertiary/aromatic N) is 1. The highest BCUT2D eigenvalue weighted by Gasteiger charge is 2.06. The van der Waals surface area contributed by atoms with E-state index in [1.165, 1.54) is 12.1 Å². The molecule has 0 saturated heterocycles. The summed E-state index contributed by atoms with van der Waals surface area (Å²) in [6.45, 7) is 0.447. The molecule has 2 aromatic carbocycles. The SMILES string of the molecule is NC(=O)c1cccc(CNc2cccc([N+](=O)[O-])c2)c1. The number of hydrogen-bond acceptors (Lipinski definition) is 4. The van der Waals surface area contributed by atoms with E-state index in [4.69, 9.17) is 5.73 Å². The molecule has 0 spiro atoms. The van der Waals surface area contributed by atoms with Gasteiger partial charge in [0.2, 0.25) is 5.91 Å². The number of nitro benzene ring substituents is 1. The zero-order chi connectivity index (χ0) is 14.5. The molecule has 6 nitrogen and oxygen atoms in total. The molecule has 102 valence electrons. The molecule has 0 aliphatic carbocycles. The lowest BCUT2D eigenvalue weighted by molar-refractivity contribution is -0.384. The molecule has 0 aliphatic heterocycles. The fourth-order valence-corrected chi connectivity index (χ4v) is 1.77. The molecule has 0 aliphatic rings. The number of carbonyl (C=O) groups is 1. The van der Waals surface area contributed by atoms with Crippen molar-refractivity contribution in [1.82, 2.24) is 0 Å². The number of nitrogens with two attached hydrogens (primary N) is 1. The third kappa shape index (κ3) is 3.32. The third-order valence-electron chi connectivity index (χ3n) is 2.77. The molecule has 0 heterocycles. The highest BCUT2D eigenvalue weighted by atomic mass is 16.6. The zero-order valence-electron chi connectivity index (χ0n) is 10.6. The Labute approximate surface area is 115 Å². The summed E-state index contributed by atoms with van der Waals surface area (Å²) in [6, 6.07) is 13.1. The van der Waals surface area contributed by atoms with Gasteiger partial charge in [-0.05, 0) is 23.8 Å². The van der Waals surface area contributed by atoms with Crippen molar-refractivity contribution >= 4 is 17.3 Å². The Kier molecular flexibility index (Phi) is 3.95. The molecule has 0 atom stereocenters. The molecule has 2 aromatic rings. The largest absolute Gasteiger partial charge is 0.381 e. The smallest absolute Gasteiger partial charge is 0.271 e. The standard InChI is InChI=1S/C14H13N3O3/c15-14(18)11-4-1-3-10(7-11)9-16-12-5-2-6-13(8-12)17(19)20/h1-8,16H,9H2,(H2,15,18). The van der Waals surface area contributed by atoms with Crippen molar-refractivity contribution in [3.05, 3.63) is 69.8 Å². The minimum atomic E-state index is -0.484. The summed E-state index contributed by atoms with van der Waals surface area (Å²) >= 11 is 0. The molecule has 0 bridgehead atoms. The van der Waals surface area contributed by atoms with Gasteiger partial charge < -0.3 is 11.1 Å². The van der Waals surface area contributed by atoms with E-state index in [9.17, 15) is 14.9 Å². The van der Waals surface area contributed by atoms with Crippen molar-refractivity contribution < 1.29 is 9.72 Å². The summed E-state index contributed by atoms with van der Waals surface area (Å²) in [5.74, 6) is -0.484. The minimum Gasteiger partial charge on any atom is -0.381 e. The van der Waals surface area contributed by atoms with Crippen LogP contribution in [0.5, 0.6) is 0 Å². The number of primary amides is 1. The van der Waals surface area contributed by atoms with E-state index in [1.807, 2.05) is 6.07 Å². The molecule has 0 radical (unpaired) electrons. The summed E-state index contributed by atoms with van der Waals surface area (Å²) in [5.41, 5.74) is 7.18. The normalized spacial score (nSPS) is 10.0. The van der Waals surface area contributed by atoms with E-state index in [0.717, 1.165) is 5.56 Å².